The van der Waals surface area contributed by atoms with E-state index in [9.17, 15) is 14.4 Å². The van der Waals surface area contributed by atoms with Gasteiger partial charge in [-0.15, -0.1) is 0 Å². The van der Waals surface area contributed by atoms with Crippen LogP contribution in [0.1, 0.15) is 12.8 Å². The van der Waals surface area contributed by atoms with Crippen molar-refractivity contribution in [1.29, 1.82) is 0 Å². The van der Waals surface area contributed by atoms with Gasteiger partial charge in [0.05, 0.1) is 6.61 Å². The maximum Gasteiger partial charge on any atom is 0.406 e. The van der Waals surface area contributed by atoms with Crippen LogP contribution in [0.25, 0.3) is 0 Å². The number of nitrogens with two attached hydrogens (primary N) is 1. The van der Waals surface area contributed by atoms with Crippen LogP contribution in [0, 0.1) is 0 Å². The largest absolute Gasteiger partial charge is 0.447 e. The molecule has 11 heteroatoms. The molecule has 0 spiro atoms. The fourth-order valence-electron chi connectivity index (χ4n) is 1.45. The van der Waals surface area contributed by atoms with Gasteiger partial charge in [0.25, 0.3) is 0 Å². The van der Waals surface area contributed by atoms with Crippen LogP contribution in [0.15, 0.2) is 0 Å². The smallest absolute Gasteiger partial charge is 0.406 e. The lowest BCUT2D eigenvalue weighted by molar-refractivity contribution is -0.121. The maximum atomic E-state index is 11.5. The highest BCUT2D eigenvalue weighted by molar-refractivity contribution is 5.75. The van der Waals surface area contributed by atoms with E-state index in [-0.39, 0.29) is 38.8 Å². The molecule has 0 fully saturated rings. The van der Waals surface area contributed by atoms with E-state index in [1.165, 1.54) is 14.1 Å². The van der Waals surface area contributed by atoms with Crippen molar-refractivity contribution in [1.82, 2.24) is 16.0 Å². The van der Waals surface area contributed by atoms with Gasteiger partial charge in [0.15, 0.2) is 0 Å². The molecule has 0 unspecified atom stereocenters. The number of hydrogen-bond acceptors (Lipinski definition) is 8. The van der Waals surface area contributed by atoms with Gasteiger partial charge < -0.3 is 35.0 Å². The van der Waals surface area contributed by atoms with E-state index in [0.29, 0.717) is 13.0 Å². The number of amides is 3. The average Bonchev–Trinajstić information content (AvgIpc) is 2.59. The summed E-state index contributed by atoms with van der Waals surface area (Å²) < 4.78 is 15.2. The Balaban J connectivity index is 4.03. The van der Waals surface area contributed by atoms with E-state index in [0.717, 1.165) is 0 Å². The molecule has 0 aromatic heterocycles. The first-order chi connectivity index (χ1) is 11.5. The molecule has 0 heterocycles. The van der Waals surface area contributed by atoms with Crippen molar-refractivity contribution in [3.8, 4) is 0 Å². The number of rotatable bonds is 12. The second-order valence-electron chi connectivity index (χ2n) is 4.51. The van der Waals surface area contributed by atoms with E-state index < -0.39 is 18.3 Å². The van der Waals surface area contributed by atoms with Gasteiger partial charge in [-0.3, -0.25) is 4.79 Å². The Kier molecular flexibility index (Phi) is 13.2. The Hall–Kier alpha value is -2.11. The van der Waals surface area contributed by atoms with E-state index in [2.05, 4.69) is 20.8 Å². The quantitative estimate of drug-likeness (QED) is 0.255. The van der Waals surface area contributed by atoms with Crippen LogP contribution in [0.5, 0.6) is 0 Å². The Morgan fingerprint density at radius 3 is 2.08 bits per heavy atom. The third kappa shape index (κ3) is 12.4. The monoisotopic (exact) mass is 350 g/mol. The summed E-state index contributed by atoms with van der Waals surface area (Å²) >= 11 is 0. The van der Waals surface area contributed by atoms with Crippen LogP contribution < -0.4 is 21.8 Å². The van der Waals surface area contributed by atoms with Crippen LogP contribution in [-0.4, -0.2) is 71.3 Å². The van der Waals surface area contributed by atoms with Crippen LogP contribution in [0.2, 0.25) is 0 Å². The molecular formula is C13H26N4O7. The van der Waals surface area contributed by atoms with E-state index >= 15 is 0 Å². The third-order valence-electron chi connectivity index (χ3n) is 2.65. The number of carbonyl (C=O) groups is 3. The number of carbonyl (C=O) groups excluding carboxylic acids is 3. The first kappa shape index (κ1) is 21.9. The Morgan fingerprint density at radius 1 is 1.00 bits per heavy atom. The summed E-state index contributed by atoms with van der Waals surface area (Å²) in [4.78, 5) is 37.9. The zero-order valence-corrected chi connectivity index (χ0v) is 14.0. The summed E-state index contributed by atoms with van der Waals surface area (Å²) in [5.74, 6) is 4.68. The molecule has 0 saturated heterocycles. The number of ether oxygens (including phenoxy) is 3. The van der Waals surface area contributed by atoms with Crippen molar-refractivity contribution in [2.24, 2.45) is 5.90 Å². The minimum atomic E-state index is -0.631. The summed E-state index contributed by atoms with van der Waals surface area (Å²) in [6, 6.07) is 0. The summed E-state index contributed by atoms with van der Waals surface area (Å²) in [5.41, 5.74) is 0. The number of alkyl carbamates (subject to hydrolysis) is 2. The molecule has 0 rings (SSSR count). The van der Waals surface area contributed by atoms with Gasteiger partial charge >= 0.3 is 12.2 Å². The minimum absolute atomic E-state index is 0.0866. The number of nitrogens with one attached hydrogen (secondary N) is 3. The van der Waals surface area contributed by atoms with Crippen molar-refractivity contribution < 1.29 is 33.4 Å². The fourth-order valence-corrected chi connectivity index (χ4v) is 1.45. The zero-order valence-electron chi connectivity index (χ0n) is 14.0. The highest BCUT2D eigenvalue weighted by Gasteiger charge is 2.15. The normalized spacial score (nSPS) is 10.2. The van der Waals surface area contributed by atoms with Crippen molar-refractivity contribution in [2.75, 3.05) is 47.1 Å². The SMILES string of the molecule is CNC(=O)OCC(COC(=O)NC)OCCCC(=O)NCCON. The molecule has 0 saturated carbocycles. The standard InChI is InChI=1S/C13H26N4O7/c1-15-12(19)22-8-10(9-23-13(20)16-2)21-6-3-4-11(18)17-5-7-24-14/h10H,3-9,14H2,1-2H3,(H,15,19)(H,16,20)(H,17,18). The van der Waals surface area contributed by atoms with Gasteiger partial charge in [-0.2, -0.15) is 0 Å². The second-order valence-corrected chi connectivity index (χ2v) is 4.51. The summed E-state index contributed by atoms with van der Waals surface area (Å²) in [7, 11) is 2.85. The molecule has 24 heavy (non-hydrogen) atoms. The lowest BCUT2D eigenvalue weighted by Gasteiger charge is -2.17. The molecule has 0 bridgehead atoms. The zero-order chi connectivity index (χ0) is 18.2. The van der Waals surface area contributed by atoms with Crippen LogP contribution in [0.4, 0.5) is 9.59 Å². The van der Waals surface area contributed by atoms with E-state index in [1.807, 2.05) is 0 Å². The lowest BCUT2D eigenvalue weighted by atomic mass is 10.3. The topological polar surface area (TPSA) is 150 Å². The number of hydrogen-bond donors (Lipinski definition) is 4. The molecule has 0 aliphatic carbocycles. The van der Waals surface area contributed by atoms with Gasteiger partial charge in [-0.05, 0) is 6.42 Å². The van der Waals surface area contributed by atoms with Gasteiger partial charge in [0.2, 0.25) is 5.91 Å². The highest BCUT2D eigenvalue weighted by atomic mass is 16.6. The predicted octanol–water partition coefficient (Wildman–Crippen LogP) is -1.13. The molecule has 3 amide bonds. The summed E-state index contributed by atoms with van der Waals surface area (Å²) in [5, 5.41) is 7.20. The first-order valence-corrected chi connectivity index (χ1v) is 7.42. The predicted molar refractivity (Wildman–Crippen MR) is 82.9 cm³/mol. The molecule has 0 aromatic rings. The Labute approximate surface area is 140 Å². The molecule has 0 aliphatic heterocycles. The van der Waals surface area contributed by atoms with Gasteiger partial charge in [0.1, 0.15) is 19.3 Å². The molecule has 0 atom stereocenters. The van der Waals surface area contributed by atoms with E-state index in [4.69, 9.17) is 20.1 Å². The Morgan fingerprint density at radius 2 is 1.58 bits per heavy atom. The summed E-state index contributed by atoms with van der Waals surface area (Å²) in [6.07, 6.45) is -1.17. The molecule has 0 aliphatic rings. The van der Waals surface area contributed by atoms with E-state index in [1.54, 1.807) is 0 Å². The molecule has 0 radical (unpaired) electrons. The van der Waals surface area contributed by atoms with Crippen molar-refractivity contribution in [3.05, 3.63) is 0 Å². The molecular weight excluding hydrogens is 324 g/mol. The van der Waals surface area contributed by atoms with Gasteiger partial charge in [-0.1, -0.05) is 0 Å². The summed E-state index contributed by atoms with van der Waals surface area (Å²) in [6.45, 7) is 0.629. The maximum absolute atomic E-state index is 11.5. The van der Waals surface area contributed by atoms with Gasteiger partial charge in [-0.25, -0.2) is 15.5 Å². The van der Waals surface area contributed by atoms with Crippen molar-refractivity contribution >= 4 is 18.1 Å². The molecule has 11 nitrogen and oxygen atoms in total. The van der Waals surface area contributed by atoms with Crippen LogP contribution in [-0.2, 0) is 23.8 Å². The average molecular weight is 350 g/mol. The van der Waals surface area contributed by atoms with Gasteiger partial charge in [0, 0.05) is 33.7 Å². The first-order valence-electron chi connectivity index (χ1n) is 7.42. The highest BCUT2D eigenvalue weighted by Crippen LogP contribution is 2.00. The third-order valence-corrected chi connectivity index (χ3v) is 2.65. The van der Waals surface area contributed by atoms with Crippen molar-refractivity contribution in [2.45, 2.75) is 18.9 Å². The van der Waals surface area contributed by atoms with Crippen LogP contribution in [0.3, 0.4) is 0 Å². The second kappa shape index (κ2) is 14.5. The molecule has 5 N–H and O–H groups in total. The molecule has 0 aromatic carbocycles. The minimum Gasteiger partial charge on any atom is -0.447 e. The lowest BCUT2D eigenvalue weighted by Crippen LogP contribution is -2.33. The van der Waals surface area contributed by atoms with Crippen molar-refractivity contribution in [3.63, 3.8) is 0 Å². The Bertz CT molecular complexity index is 361. The molecule has 140 valence electrons. The van der Waals surface area contributed by atoms with Crippen LogP contribution >= 0.6 is 0 Å². The fraction of sp³-hybridized carbons (Fsp3) is 0.769.